The van der Waals surface area contributed by atoms with Gasteiger partial charge in [0, 0.05) is 31.8 Å². The number of aliphatic hydroxyl groups excluding tert-OH is 2. The van der Waals surface area contributed by atoms with Crippen LogP contribution < -0.4 is 10.5 Å². The number of nitrogens with two attached hydrogens (primary N) is 1. The van der Waals surface area contributed by atoms with Crippen LogP contribution in [0.5, 0.6) is 5.75 Å². The summed E-state index contributed by atoms with van der Waals surface area (Å²) >= 11 is 0. The zero-order valence-corrected chi connectivity index (χ0v) is 12.2. The fourth-order valence-electron chi connectivity index (χ4n) is 2.02. The first-order valence-corrected chi connectivity index (χ1v) is 7.13. The third-order valence-electron chi connectivity index (χ3n) is 3.17. The van der Waals surface area contributed by atoms with Gasteiger partial charge in [-0.3, -0.25) is 0 Å². The van der Waals surface area contributed by atoms with Crippen LogP contribution >= 0.6 is 0 Å². The van der Waals surface area contributed by atoms with E-state index in [1.165, 1.54) is 0 Å². The first-order valence-electron chi connectivity index (χ1n) is 7.13. The molecule has 114 valence electrons. The summed E-state index contributed by atoms with van der Waals surface area (Å²) in [5.41, 5.74) is 6.58. The van der Waals surface area contributed by atoms with Gasteiger partial charge in [-0.2, -0.15) is 0 Å². The Hall–Kier alpha value is -1.14. The van der Waals surface area contributed by atoms with E-state index >= 15 is 0 Å². The van der Waals surface area contributed by atoms with E-state index in [2.05, 4.69) is 4.90 Å². The lowest BCUT2D eigenvalue weighted by molar-refractivity contribution is 0.0674. The van der Waals surface area contributed by atoms with Crippen molar-refractivity contribution in [2.75, 3.05) is 32.8 Å². The molecule has 5 nitrogen and oxygen atoms in total. The second-order valence-corrected chi connectivity index (χ2v) is 4.75. The summed E-state index contributed by atoms with van der Waals surface area (Å²) in [5.74, 6) is 0.729. The summed E-state index contributed by atoms with van der Waals surface area (Å²) in [7, 11) is 0. The van der Waals surface area contributed by atoms with Crippen LogP contribution in [0.4, 0.5) is 0 Å². The maximum Gasteiger partial charge on any atom is 0.123 e. The van der Waals surface area contributed by atoms with E-state index in [4.69, 9.17) is 15.6 Å². The van der Waals surface area contributed by atoms with Crippen LogP contribution in [0.15, 0.2) is 24.3 Å². The third-order valence-corrected chi connectivity index (χ3v) is 3.17. The lowest BCUT2D eigenvalue weighted by atomic mass is 10.2. The molecule has 4 N–H and O–H groups in total. The highest BCUT2D eigenvalue weighted by molar-refractivity contribution is 5.32. The molecular formula is C15H26N2O3. The molecule has 1 aromatic carbocycles. The highest BCUT2D eigenvalue weighted by Gasteiger charge is 2.11. The smallest absolute Gasteiger partial charge is 0.123 e. The fraction of sp³-hybridized carbons (Fsp3) is 0.600. The summed E-state index contributed by atoms with van der Waals surface area (Å²) in [4.78, 5) is 2.10. The second kappa shape index (κ2) is 9.72. The molecule has 5 heteroatoms. The van der Waals surface area contributed by atoms with Crippen molar-refractivity contribution in [3.63, 3.8) is 0 Å². The molecule has 0 saturated heterocycles. The highest BCUT2D eigenvalue weighted by Crippen LogP contribution is 2.17. The molecule has 0 radical (unpaired) electrons. The molecule has 0 aromatic heterocycles. The SMILES string of the molecule is CCN(CCCO)CC(O)COc1ccccc1CN. The Kier molecular flexibility index (Phi) is 8.22. The summed E-state index contributed by atoms with van der Waals surface area (Å²) in [6.45, 7) is 5.04. The average molecular weight is 282 g/mol. The number of para-hydroxylation sites is 1. The van der Waals surface area contributed by atoms with Gasteiger partial charge in [-0.25, -0.2) is 0 Å². The van der Waals surface area contributed by atoms with Gasteiger partial charge in [0.2, 0.25) is 0 Å². The minimum atomic E-state index is -0.556. The lowest BCUT2D eigenvalue weighted by Gasteiger charge is -2.23. The minimum absolute atomic E-state index is 0.174. The van der Waals surface area contributed by atoms with Crippen molar-refractivity contribution in [3.05, 3.63) is 29.8 Å². The van der Waals surface area contributed by atoms with Crippen LogP contribution in [-0.4, -0.2) is 54.1 Å². The van der Waals surface area contributed by atoms with Crippen molar-refractivity contribution in [1.82, 2.24) is 4.90 Å². The molecular weight excluding hydrogens is 256 g/mol. The predicted octanol–water partition coefficient (Wildman–Crippen LogP) is 0.589. The van der Waals surface area contributed by atoms with E-state index in [0.717, 1.165) is 30.8 Å². The number of hydrogen-bond donors (Lipinski definition) is 3. The Morgan fingerprint density at radius 2 is 2.10 bits per heavy atom. The number of rotatable bonds is 10. The number of hydrogen-bond acceptors (Lipinski definition) is 5. The van der Waals surface area contributed by atoms with Crippen molar-refractivity contribution in [2.45, 2.75) is 26.0 Å². The molecule has 0 heterocycles. The molecule has 0 spiro atoms. The van der Waals surface area contributed by atoms with Gasteiger partial charge in [-0.15, -0.1) is 0 Å². The zero-order chi connectivity index (χ0) is 14.8. The van der Waals surface area contributed by atoms with E-state index < -0.39 is 6.10 Å². The molecule has 0 amide bonds. The Morgan fingerprint density at radius 1 is 1.35 bits per heavy atom. The quantitative estimate of drug-likeness (QED) is 0.585. The van der Waals surface area contributed by atoms with Crippen LogP contribution in [0.25, 0.3) is 0 Å². The van der Waals surface area contributed by atoms with Gasteiger partial charge in [-0.05, 0) is 19.0 Å². The van der Waals surface area contributed by atoms with Gasteiger partial charge in [-0.1, -0.05) is 25.1 Å². The Labute approximate surface area is 121 Å². The molecule has 1 aromatic rings. The maximum absolute atomic E-state index is 10.0. The molecule has 0 saturated carbocycles. The molecule has 0 bridgehead atoms. The van der Waals surface area contributed by atoms with Gasteiger partial charge >= 0.3 is 0 Å². The Balaban J connectivity index is 2.40. The Morgan fingerprint density at radius 3 is 2.75 bits per heavy atom. The summed E-state index contributed by atoms with van der Waals surface area (Å²) < 4.78 is 5.63. The largest absolute Gasteiger partial charge is 0.491 e. The monoisotopic (exact) mass is 282 g/mol. The zero-order valence-electron chi connectivity index (χ0n) is 12.2. The molecule has 0 aliphatic rings. The van der Waals surface area contributed by atoms with Gasteiger partial charge < -0.3 is 25.6 Å². The van der Waals surface area contributed by atoms with Gasteiger partial charge in [0.1, 0.15) is 18.5 Å². The highest BCUT2D eigenvalue weighted by atomic mass is 16.5. The van der Waals surface area contributed by atoms with Crippen LogP contribution in [0.2, 0.25) is 0 Å². The molecule has 0 fully saturated rings. The second-order valence-electron chi connectivity index (χ2n) is 4.75. The third kappa shape index (κ3) is 5.88. The first kappa shape index (κ1) is 16.9. The first-order chi connectivity index (χ1) is 9.71. The average Bonchev–Trinajstić information content (AvgIpc) is 2.49. The molecule has 0 aliphatic carbocycles. The van der Waals surface area contributed by atoms with Crippen molar-refractivity contribution in [2.24, 2.45) is 5.73 Å². The van der Waals surface area contributed by atoms with E-state index in [9.17, 15) is 5.11 Å². The number of benzene rings is 1. The van der Waals surface area contributed by atoms with Crippen molar-refractivity contribution in [3.8, 4) is 5.75 Å². The standard InChI is InChI=1S/C15H26N2O3/c1-2-17(8-5-9-18)11-14(19)12-20-15-7-4-3-6-13(15)10-16/h3-4,6-7,14,18-19H,2,5,8-12,16H2,1H3. The van der Waals surface area contributed by atoms with E-state index in [1.807, 2.05) is 31.2 Å². The van der Waals surface area contributed by atoms with Crippen molar-refractivity contribution < 1.29 is 14.9 Å². The fourth-order valence-corrected chi connectivity index (χ4v) is 2.02. The van der Waals surface area contributed by atoms with Crippen molar-refractivity contribution >= 4 is 0 Å². The molecule has 1 unspecified atom stereocenters. The lowest BCUT2D eigenvalue weighted by Crippen LogP contribution is -2.36. The number of nitrogens with zero attached hydrogens (tertiary/aromatic N) is 1. The molecule has 0 aliphatic heterocycles. The number of ether oxygens (including phenoxy) is 1. The number of aliphatic hydroxyl groups is 2. The minimum Gasteiger partial charge on any atom is -0.491 e. The van der Waals surface area contributed by atoms with Crippen LogP contribution in [-0.2, 0) is 6.54 Å². The van der Waals surface area contributed by atoms with Crippen molar-refractivity contribution in [1.29, 1.82) is 0 Å². The summed E-state index contributed by atoms with van der Waals surface area (Å²) in [5, 5.41) is 18.8. The topological polar surface area (TPSA) is 79.0 Å². The maximum atomic E-state index is 10.0. The number of likely N-dealkylation sites (N-methyl/N-ethyl adjacent to an activating group) is 1. The van der Waals surface area contributed by atoms with Gasteiger partial charge in [0.15, 0.2) is 0 Å². The van der Waals surface area contributed by atoms with E-state index in [1.54, 1.807) is 0 Å². The Bertz CT molecular complexity index is 374. The summed E-state index contributed by atoms with van der Waals surface area (Å²) in [6, 6.07) is 7.58. The van der Waals surface area contributed by atoms with Crippen LogP contribution in [0.1, 0.15) is 18.9 Å². The van der Waals surface area contributed by atoms with Gasteiger partial charge in [0.05, 0.1) is 0 Å². The van der Waals surface area contributed by atoms with E-state index in [0.29, 0.717) is 13.1 Å². The van der Waals surface area contributed by atoms with Crippen LogP contribution in [0, 0.1) is 0 Å². The van der Waals surface area contributed by atoms with Crippen LogP contribution in [0.3, 0.4) is 0 Å². The summed E-state index contributed by atoms with van der Waals surface area (Å²) in [6.07, 6.45) is 0.164. The van der Waals surface area contributed by atoms with Gasteiger partial charge in [0.25, 0.3) is 0 Å². The van der Waals surface area contributed by atoms with E-state index in [-0.39, 0.29) is 13.2 Å². The molecule has 20 heavy (non-hydrogen) atoms. The predicted molar refractivity (Wildman–Crippen MR) is 79.7 cm³/mol. The molecule has 1 rings (SSSR count). The normalized spacial score (nSPS) is 12.7. The molecule has 1 atom stereocenters.